The standard InChI is InChI=1S/C16H20ClN3O6S/c17-13-7-6-11(27(18,24)25)8-12(13)15(22)26-9-14(21)20-16(23)19-10-4-2-1-3-5-10/h6-8,10H,1-5,9H2,(H2,18,24,25)(H2,19,20,21,23). The number of carbonyl (C=O) groups excluding carboxylic acids is 3. The number of nitrogens with two attached hydrogens (primary N) is 1. The van der Waals surface area contributed by atoms with Crippen molar-refractivity contribution in [1.82, 2.24) is 10.6 Å². The van der Waals surface area contributed by atoms with Crippen molar-refractivity contribution in [3.05, 3.63) is 28.8 Å². The molecule has 1 aromatic rings. The summed E-state index contributed by atoms with van der Waals surface area (Å²) in [4.78, 5) is 35.2. The molecule has 4 N–H and O–H groups in total. The van der Waals surface area contributed by atoms with Gasteiger partial charge in [-0.05, 0) is 31.0 Å². The Balaban J connectivity index is 1.87. The third kappa shape index (κ3) is 6.49. The number of carbonyl (C=O) groups is 3. The average Bonchev–Trinajstić information content (AvgIpc) is 2.59. The lowest BCUT2D eigenvalue weighted by molar-refractivity contribution is -0.123. The van der Waals surface area contributed by atoms with E-state index in [0.29, 0.717) is 0 Å². The third-order valence-corrected chi connectivity index (χ3v) is 5.25. The van der Waals surface area contributed by atoms with Crippen LogP contribution in [0.4, 0.5) is 4.79 Å². The van der Waals surface area contributed by atoms with Crippen molar-refractivity contribution in [2.24, 2.45) is 5.14 Å². The van der Waals surface area contributed by atoms with Gasteiger partial charge in [-0.25, -0.2) is 23.1 Å². The molecule has 1 saturated carbocycles. The lowest BCUT2D eigenvalue weighted by Crippen LogP contribution is -2.46. The normalized spacial score (nSPS) is 15.0. The molecule has 0 radical (unpaired) electrons. The summed E-state index contributed by atoms with van der Waals surface area (Å²) >= 11 is 5.85. The first-order valence-corrected chi connectivity index (χ1v) is 10.2. The smallest absolute Gasteiger partial charge is 0.340 e. The summed E-state index contributed by atoms with van der Waals surface area (Å²) in [6.07, 6.45) is 4.89. The maximum atomic E-state index is 12.0. The van der Waals surface area contributed by atoms with Crippen molar-refractivity contribution in [2.75, 3.05) is 6.61 Å². The van der Waals surface area contributed by atoms with Crippen LogP contribution in [0.1, 0.15) is 42.5 Å². The molecular weight excluding hydrogens is 398 g/mol. The number of primary sulfonamides is 1. The third-order valence-electron chi connectivity index (χ3n) is 4.01. The second-order valence-corrected chi connectivity index (χ2v) is 8.09. The Morgan fingerprint density at radius 2 is 1.85 bits per heavy atom. The van der Waals surface area contributed by atoms with E-state index in [0.717, 1.165) is 44.2 Å². The molecule has 148 valence electrons. The van der Waals surface area contributed by atoms with E-state index in [1.807, 2.05) is 0 Å². The number of amides is 3. The maximum Gasteiger partial charge on any atom is 0.340 e. The first kappa shape index (κ1) is 21.1. The van der Waals surface area contributed by atoms with E-state index < -0.39 is 34.5 Å². The fraction of sp³-hybridized carbons (Fsp3) is 0.438. The van der Waals surface area contributed by atoms with Crippen LogP contribution in [0.15, 0.2) is 23.1 Å². The van der Waals surface area contributed by atoms with Crippen LogP contribution in [0, 0.1) is 0 Å². The first-order valence-electron chi connectivity index (χ1n) is 8.26. The molecule has 0 saturated heterocycles. The number of esters is 1. The topological polar surface area (TPSA) is 145 Å². The summed E-state index contributed by atoms with van der Waals surface area (Å²) in [6, 6.07) is 2.63. The monoisotopic (exact) mass is 417 g/mol. The molecule has 1 aromatic carbocycles. The first-order chi connectivity index (χ1) is 12.7. The highest BCUT2D eigenvalue weighted by Crippen LogP contribution is 2.21. The summed E-state index contributed by atoms with van der Waals surface area (Å²) in [5, 5.41) is 9.69. The van der Waals surface area contributed by atoms with Gasteiger partial charge in [0.05, 0.1) is 15.5 Å². The molecule has 0 aromatic heterocycles. The van der Waals surface area contributed by atoms with Gasteiger partial charge in [-0.1, -0.05) is 30.9 Å². The fourth-order valence-electron chi connectivity index (χ4n) is 2.68. The van der Waals surface area contributed by atoms with Gasteiger partial charge in [0, 0.05) is 6.04 Å². The summed E-state index contributed by atoms with van der Waals surface area (Å²) < 4.78 is 27.5. The zero-order chi connectivity index (χ0) is 20.0. The second-order valence-electron chi connectivity index (χ2n) is 6.12. The summed E-state index contributed by atoms with van der Waals surface area (Å²) in [5.41, 5.74) is -0.261. The predicted octanol–water partition coefficient (Wildman–Crippen LogP) is 1.30. The molecule has 0 bridgehead atoms. The van der Waals surface area contributed by atoms with Crippen LogP contribution in [-0.4, -0.2) is 39.0 Å². The van der Waals surface area contributed by atoms with E-state index in [4.69, 9.17) is 21.5 Å². The van der Waals surface area contributed by atoms with Gasteiger partial charge in [0.1, 0.15) is 0 Å². The fourth-order valence-corrected chi connectivity index (χ4v) is 3.41. The Bertz CT molecular complexity index is 837. The summed E-state index contributed by atoms with van der Waals surface area (Å²) in [6.45, 7) is -0.729. The number of sulfonamides is 1. The quantitative estimate of drug-likeness (QED) is 0.616. The SMILES string of the molecule is NS(=O)(=O)c1ccc(Cl)c(C(=O)OCC(=O)NC(=O)NC2CCCCC2)c1. The molecule has 1 fully saturated rings. The molecule has 0 aliphatic heterocycles. The number of rotatable bonds is 5. The van der Waals surface area contributed by atoms with Gasteiger partial charge in [-0.2, -0.15) is 0 Å². The van der Waals surface area contributed by atoms with Crippen LogP contribution in [0.5, 0.6) is 0 Å². The minimum Gasteiger partial charge on any atom is -0.452 e. The van der Waals surface area contributed by atoms with Gasteiger partial charge in [-0.3, -0.25) is 10.1 Å². The molecular formula is C16H20ClN3O6S. The van der Waals surface area contributed by atoms with E-state index in [2.05, 4.69) is 10.6 Å². The van der Waals surface area contributed by atoms with Gasteiger partial charge in [0.25, 0.3) is 5.91 Å². The molecule has 0 spiro atoms. The molecule has 11 heteroatoms. The Hall–Kier alpha value is -2.17. The number of hydrogen-bond donors (Lipinski definition) is 3. The van der Waals surface area contributed by atoms with Crippen molar-refractivity contribution in [2.45, 2.75) is 43.0 Å². The molecule has 3 amide bonds. The Morgan fingerprint density at radius 3 is 2.48 bits per heavy atom. The minimum absolute atomic E-state index is 0.0221. The Morgan fingerprint density at radius 1 is 1.19 bits per heavy atom. The number of ether oxygens (including phenoxy) is 1. The van der Waals surface area contributed by atoms with Crippen LogP contribution >= 0.6 is 11.6 Å². The van der Waals surface area contributed by atoms with E-state index in [-0.39, 0.29) is 21.5 Å². The lowest BCUT2D eigenvalue weighted by atomic mass is 9.96. The van der Waals surface area contributed by atoms with Crippen LogP contribution in [0.25, 0.3) is 0 Å². The molecule has 2 rings (SSSR count). The predicted molar refractivity (Wildman–Crippen MR) is 96.7 cm³/mol. The van der Waals surface area contributed by atoms with E-state index >= 15 is 0 Å². The minimum atomic E-state index is -4.04. The van der Waals surface area contributed by atoms with Gasteiger partial charge in [-0.15, -0.1) is 0 Å². The molecule has 0 heterocycles. The van der Waals surface area contributed by atoms with Crippen LogP contribution in [0.3, 0.4) is 0 Å². The molecule has 1 aliphatic carbocycles. The van der Waals surface area contributed by atoms with Crippen LogP contribution in [0.2, 0.25) is 5.02 Å². The lowest BCUT2D eigenvalue weighted by Gasteiger charge is -2.22. The highest BCUT2D eigenvalue weighted by Gasteiger charge is 2.20. The van der Waals surface area contributed by atoms with Gasteiger partial charge in [0.15, 0.2) is 6.61 Å². The van der Waals surface area contributed by atoms with Crippen LogP contribution < -0.4 is 15.8 Å². The van der Waals surface area contributed by atoms with Crippen molar-refractivity contribution < 1.29 is 27.5 Å². The number of halogens is 1. The highest BCUT2D eigenvalue weighted by atomic mass is 35.5. The molecule has 9 nitrogen and oxygen atoms in total. The second kappa shape index (κ2) is 9.16. The molecule has 1 aliphatic rings. The van der Waals surface area contributed by atoms with Crippen molar-refractivity contribution in [3.63, 3.8) is 0 Å². The van der Waals surface area contributed by atoms with Crippen molar-refractivity contribution in [1.29, 1.82) is 0 Å². The largest absolute Gasteiger partial charge is 0.452 e. The van der Waals surface area contributed by atoms with E-state index in [9.17, 15) is 22.8 Å². The number of hydrogen-bond acceptors (Lipinski definition) is 6. The van der Waals surface area contributed by atoms with E-state index in [1.54, 1.807) is 0 Å². The molecule has 27 heavy (non-hydrogen) atoms. The summed E-state index contributed by atoms with van der Waals surface area (Å²) in [7, 11) is -4.04. The zero-order valence-corrected chi connectivity index (χ0v) is 15.9. The molecule has 0 unspecified atom stereocenters. The number of urea groups is 1. The average molecular weight is 418 g/mol. The van der Waals surface area contributed by atoms with E-state index in [1.165, 1.54) is 6.07 Å². The van der Waals surface area contributed by atoms with Crippen molar-refractivity contribution in [3.8, 4) is 0 Å². The number of benzene rings is 1. The highest BCUT2D eigenvalue weighted by molar-refractivity contribution is 7.89. The number of nitrogens with one attached hydrogen (secondary N) is 2. The molecule has 0 atom stereocenters. The maximum absolute atomic E-state index is 12.0. The summed E-state index contributed by atoms with van der Waals surface area (Å²) in [5.74, 6) is -1.84. The Labute approximate surface area is 161 Å². The zero-order valence-electron chi connectivity index (χ0n) is 14.4. The van der Waals surface area contributed by atoms with Crippen molar-refractivity contribution >= 4 is 39.5 Å². The van der Waals surface area contributed by atoms with Gasteiger partial charge < -0.3 is 10.1 Å². The van der Waals surface area contributed by atoms with Crippen LogP contribution in [-0.2, 0) is 19.6 Å². The number of imide groups is 1. The van der Waals surface area contributed by atoms with Gasteiger partial charge >= 0.3 is 12.0 Å². The Kier molecular flexibility index (Phi) is 7.17. The van der Waals surface area contributed by atoms with Gasteiger partial charge in [0.2, 0.25) is 10.0 Å².